The highest BCUT2D eigenvalue weighted by atomic mass is 32.1. The van der Waals surface area contributed by atoms with Crippen molar-refractivity contribution in [3.63, 3.8) is 0 Å². The average Bonchev–Trinajstić information content (AvgIpc) is 4.05. The van der Waals surface area contributed by atoms with E-state index in [1.165, 1.54) is 33.8 Å². The number of benzene rings is 2. The van der Waals surface area contributed by atoms with Gasteiger partial charge in [-0.1, -0.05) is 34.8 Å². The third-order valence-electron chi connectivity index (χ3n) is 10.1. The molecule has 0 unspecified atom stereocenters. The van der Waals surface area contributed by atoms with Gasteiger partial charge in [0.15, 0.2) is 33.3 Å². The van der Waals surface area contributed by atoms with Crippen LogP contribution < -0.4 is 39.4 Å². The molecule has 14 nitrogen and oxygen atoms in total. The van der Waals surface area contributed by atoms with Crippen molar-refractivity contribution in [1.82, 2.24) is 30.4 Å². The number of aromatic nitrogens is 2. The lowest BCUT2D eigenvalue weighted by atomic mass is 10.1. The lowest BCUT2D eigenvalue weighted by molar-refractivity contribution is 0.0951. The van der Waals surface area contributed by atoms with Crippen LogP contribution in [0, 0.1) is 0 Å². The van der Waals surface area contributed by atoms with Gasteiger partial charge in [0.05, 0.1) is 12.4 Å². The van der Waals surface area contributed by atoms with Gasteiger partial charge >= 0.3 is 0 Å². The second-order valence-corrected chi connectivity index (χ2v) is 15.4. The van der Waals surface area contributed by atoms with E-state index in [1.807, 2.05) is 26.0 Å². The Kier molecular flexibility index (Phi) is 12.0. The summed E-state index contributed by atoms with van der Waals surface area (Å²) >= 11 is 2.92. The Balaban J connectivity index is 0.000000167. The lowest BCUT2D eigenvalue weighted by Crippen LogP contribution is -2.47. The van der Waals surface area contributed by atoms with Crippen molar-refractivity contribution in [3.05, 3.63) is 69.7 Å². The van der Waals surface area contributed by atoms with Crippen LogP contribution in [0.3, 0.4) is 0 Å². The largest absolute Gasteiger partial charge is 0.454 e. The van der Waals surface area contributed by atoms with Gasteiger partial charge in [-0.2, -0.15) is 0 Å². The van der Waals surface area contributed by atoms with Crippen molar-refractivity contribution in [2.45, 2.75) is 39.8 Å². The molecular formula is C38H48N8O6S2. The van der Waals surface area contributed by atoms with Crippen LogP contribution in [0.4, 0.5) is 10.3 Å². The topological polar surface area (TPSA) is 134 Å². The molecule has 0 saturated carbocycles. The van der Waals surface area contributed by atoms with E-state index in [9.17, 15) is 9.59 Å². The number of fused-ring (bicyclic) bond motifs is 2. The van der Waals surface area contributed by atoms with Gasteiger partial charge in [-0.3, -0.25) is 19.4 Å². The summed E-state index contributed by atoms with van der Waals surface area (Å²) in [6.45, 7) is 17.5. The maximum absolute atomic E-state index is 11.9. The van der Waals surface area contributed by atoms with Crippen molar-refractivity contribution >= 4 is 44.8 Å². The van der Waals surface area contributed by atoms with E-state index in [0.717, 1.165) is 85.6 Å². The lowest BCUT2D eigenvalue weighted by Gasteiger charge is -2.38. The zero-order chi connectivity index (χ0) is 37.6. The van der Waals surface area contributed by atoms with Crippen LogP contribution in [0.15, 0.2) is 48.8 Å². The number of amides is 2. The smallest absolute Gasteiger partial charge is 0.263 e. The summed E-state index contributed by atoms with van der Waals surface area (Å²) in [5, 5.41) is 7.49. The molecular weight excluding hydrogens is 729 g/mol. The molecule has 2 aromatic carbocycles. The first-order chi connectivity index (χ1) is 26.3. The molecule has 6 heterocycles. The van der Waals surface area contributed by atoms with Gasteiger partial charge in [0.25, 0.3) is 11.8 Å². The molecule has 0 radical (unpaired) electrons. The fourth-order valence-corrected chi connectivity index (χ4v) is 8.66. The highest BCUT2D eigenvalue weighted by Crippen LogP contribution is 2.37. The molecule has 4 aromatic rings. The summed E-state index contributed by atoms with van der Waals surface area (Å²) in [4.78, 5) is 43.5. The van der Waals surface area contributed by atoms with E-state index in [2.05, 4.69) is 78.3 Å². The first kappa shape index (κ1) is 37.7. The number of hydrogen-bond donors (Lipinski definition) is 2. The predicted molar refractivity (Wildman–Crippen MR) is 210 cm³/mol. The Hall–Kier alpha value is -4.64. The predicted octanol–water partition coefficient (Wildman–Crippen LogP) is 5.01. The SMILES string of the molecule is CCNC(=O)c1cnc(N2CCN([C@@H](C)c3ccc4c(c3)OCO4)CC2)s1.CCNC(=O)c1cnc(N2CCN([C@H](C)c3ccc4c(c3)OCO4)CC2)s1. The zero-order valence-electron chi connectivity index (χ0n) is 31.2. The molecule has 4 aliphatic rings. The summed E-state index contributed by atoms with van der Waals surface area (Å²) in [7, 11) is 0. The molecule has 2 saturated heterocycles. The quantitative estimate of drug-likeness (QED) is 0.224. The van der Waals surface area contributed by atoms with Crippen LogP contribution in [0.25, 0.3) is 0 Å². The second-order valence-electron chi connectivity index (χ2n) is 13.4. The van der Waals surface area contributed by atoms with Crippen LogP contribution in [0.5, 0.6) is 23.0 Å². The maximum atomic E-state index is 11.9. The molecule has 4 aliphatic heterocycles. The molecule has 2 aromatic heterocycles. The minimum absolute atomic E-state index is 0.0451. The second kappa shape index (κ2) is 17.2. The number of anilines is 2. The number of hydrogen-bond acceptors (Lipinski definition) is 14. The summed E-state index contributed by atoms with van der Waals surface area (Å²) in [6.07, 6.45) is 3.35. The summed E-state index contributed by atoms with van der Waals surface area (Å²) in [5.74, 6) is 3.22. The summed E-state index contributed by atoms with van der Waals surface area (Å²) in [5.41, 5.74) is 2.47. The molecule has 2 amide bonds. The van der Waals surface area contributed by atoms with Crippen LogP contribution in [-0.4, -0.2) is 111 Å². The fraction of sp³-hybridized carbons (Fsp3) is 0.474. The van der Waals surface area contributed by atoms with Crippen LogP contribution >= 0.6 is 22.7 Å². The van der Waals surface area contributed by atoms with Crippen molar-refractivity contribution < 1.29 is 28.5 Å². The van der Waals surface area contributed by atoms with Crippen LogP contribution in [0.2, 0.25) is 0 Å². The van der Waals surface area contributed by atoms with E-state index >= 15 is 0 Å². The molecule has 8 rings (SSSR count). The molecule has 288 valence electrons. The third-order valence-corrected chi connectivity index (χ3v) is 12.2. The Morgan fingerprint density at radius 1 is 0.630 bits per heavy atom. The number of nitrogens with zero attached hydrogens (tertiary/aromatic N) is 6. The van der Waals surface area contributed by atoms with Gasteiger partial charge in [-0.05, 0) is 63.1 Å². The van der Waals surface area contributed by atoms with Gasteiger partial charge in [-0.25, -0.2) is 9.97 Å². The fourth-order valence-electron chi connectivity index (χ4n) is 6.90. The third kappa shape index (κ3) is 8.51. The van der Waals surface area contributed by atoms with Crippen LogP contribution in [0.1, 0.15) is 70.2 Å². The summed E-state index contributed by atoms with van der Waals surface area (Å²) < 4.78 is 21.8. The first-order valence-corrected chi connectivity index (χ1v) is 20.2. The molecule has 2 atom stereocenters. The molecule has 2 fully saturated rings. The van der Waals surface area contributed by atoms with Gasteiger partial charge in [-0.15, -0.1) is 0 Å². The molecule has 0 spiro atoms. The Morgan fingerprint density at radius 2 is 1.02 bits per heavy atom. The van der Waals surface area contributed by atoms with E-state index in [1.54, 1.807) is 12.4 Å². The first-order valence-electron chi connectivity index (χ1n) is 18.6. The van der Waals surface area contributed by atoms with Crippen molar-refractivity contribution in [3.8, 4) is 23.0 Å². The Bertz CT molecular complexity index is 1770. The normalized spacial score (nSPS) is 17.8. The van der Waals surface area contributed by atoms with E-state index in [0.29, 0.717) is 48.5 Å². The molecule has 54 heavy (non-hydrogen) atoms. The van der Waals surface area contributed by atoms with Gasteiger partial charge in [0.2, 0.25) is 13.6 Å². The number of ether oxygens (including phenoxy) is 4. The van der Waals surface area contributed by atoms with Gasteiger partial charge < -0.3 is 39.4 Å². The van der Waals surface area contributed by atoms with Crippen molar-refractivity contribution in [2.24, 2.45) is 0 Å². The zero-order valence-corrected chi connectivity index (χ0v) is 32.8. The van der Waals surface area contributed by atoms with E-state index < -0.39 is 0 Å². The number of rotatable bonds is 10. The number of piperazine rings is 2. The van der Waals surface area contributed by atoms with Gasteiger partial charge in [0.1, 0.15) is 9.75 Å². The monoisotopic (exact) mass is 776 g/mol. The van der Waals surface area contributed by atoms with Crippen molar-refractivity contribution in [1.29, 1.82) is 0 Å². The van der Waals surface area contributed by atoms with E-state index in [4.69, 9.17) is 18.9 Å². The Labute approximate surface area is 324 Å². The highest BCUT2D eigenvalue weighted by Gasteiger charge is 2.27. The minimum atomic E-state index is -0.0451. The molecule has 0 aliphatic carbocycles. The van der Waals surface area contributed by atoms with Gasteiger partial charge in [0, 0.05) is 77.5 Å². The number of nitrogens with one attached hydrogen (secondary N) is 2. The summed E-state index contributed by atoms with van der Waals surface area (Å²) in [6, 6.07) is 13.0. The number of thiazole rings is 2. The van der Waals surface area contributed by atoms with Crippen LogP contribution in [-0.2, 0) is 0 Å². The molecule has 2 N–H and O–H groups in total. The standard InChI is InChI=1S/2C19H24N4O3S/c2*1-3-20-18(24)17-11-21-19(27-17)23-8-6-22(7-9-23)13(2)14-4-5-15-16(10-14)26-12-25-15/h2*4-5,10-11,13H,3,6-9,12H2,1-2H3,(H,20,24)/t2*13-/m10/s1. The van der Waals surface area contributed by atoms with Crippen molar-refractivity contribution in [2.75, 3.05) is 88.8 Å². The number of carbonyl (C=O) groups is 2. The molecule has 16 heteroatoms. The maximum Gasteiger partial charge on any atom is 0.263 e. The highest BCUT2D eigenvalue weighted by molar-refractivity contribution is 7.17. The molecule has 0 bridgehead atoms. The Morgan fingerprint density at radius 3 is 1.41 bits per heavy atom. The average molecular weight is 777 g/mol. The van der Waals surface area contributed by atoms with E-state index in [-0.39, 0.29) is 11.8 Å². The minimum Gasteiger partial charge on any atom is -0.454 e. The number of carbonyl (C=O) groups excluding carboxylic acids is 2.